The Kier molecular flexibility index (Phi) is 7.33. The quantitative estimate of drug-likeness (QED) is 0.182. The van der Waals surface area contributed by atoms with Gasteiger partial charge in [0.2, 0.25) is 0 Å². The van der Waals surface area contributed by atoms with Crippen LogP contribution in [0.25, 0.3) is 66.4 Å². The number of benzene rings is 7. The normalized spacial score (nSPS) is 13.9. The molecule has 0 radical (unpaired) electrons. The molecule has 0 aliphatic carbocycles. The van der Waals surface area contributed by atoms with Gasteiger partial charge in [0, 0.05) is 39.5 Å². The number of allylic oxidation sites excluding steroid dienone is 4. The van der Waals surface area contributed by atoms with Gasteiger partial charge in [-0.15, -0.1) is 0 Å². The first-order valence-corrected chi connectivity index (χ1v) is 17.0. The minimum atomic E-state index is 0.975. The van der Waals surface area contributed by atoms with E-state index in [9.17, 15) is 0 Å². The van der Waals surface area contributed by atoms with E-state index in [1.54, 1.807) is 0 Å². The zero-order valence-corrected chi connectivity index (χ0v) is 27.6. The predicted molar refractivity (Wildman–Crippen MR) is 213 cm³/mol. The maximum absolute atomic E-state index is 4.51. The van der Waals surface area contributed by atoms with Gasteiger partial charge in [-0.2, -0.15) is 0 Å². The maximum Gasteiger partial charge on any atom is 0.0619 e. The lowest BCUT2D eigenvalue weighted by Gasteiger charge is -2.25. The van der Waals surface area contributed by atoms with Gasteiger partial charge in [0.25, 0.3) is 0 Å². The van der Waals surface area contributed by atoms with Crippen molar-refractivity contribution < 1.29 is 0 Å². The van der Waals surface area contributed by atoms with E-state index in [4.69, 9.17) is 0 Å². The number of fused-ring (bicyclic) bond motifs is 4. The van der Waals surface area contributed by atoms with Crippen molar-refractivity contribution in [1.29, 1.82) is 0 Å². The summed E-state index contributed by atoms with van der Waals surface area (Å²) in [6.45, 7) is 4.51. The molecule has 2 nitrogen and oxygen atoms in total. The first-order chi connectivity index (χ1) is 24.7. The largest absolute Gasteiger partial charge is 0.317 e. The van der Waals surface area contributed by atoms with Crippen molar-refractivity contribution >= 4 is 38.8 Å². The van der Waals surface area contributed by atoms with Crippen molar-refractivity contribution in [2.75, 3.05) is 4.90 Å². The summed E-state index contributed by atoms with van der Waals surface area (Å²) >= 11 is 0. The average molecular weight is 639 g/mol. The highest BCUT2D eigenvalue weighted by Crippen LogP contribution is 2.42. The van der Waals surface area contributed by atoms with Crippen LogP contribution in [0.15, 0.2) is 201 Å². The summed E-state index contributed by atoms with van der Waals surface area (Å²) in [5.41, 5.74) is 14.8. The van der Waals surface area contributed by atoms with Gasteiger partial charge in [0.15, 0.2) is 0 Å². The molecule has 0 saturated carbocycles. The SMILES string of the molecule is C=C1/C=C\C=C/N(c2ccccc2)c2ccc(-c3cccc4c5ccccc5n(-c5cc(-c6ccccc6)cc(-c6ccccc6)c5)c34)cc21. The Balaban J connectivity index is 1.31. The Bertz CT molecular complexity index is 2530. The second-order valence-corrected chi connectivity index (χ2v) is 12.7. The Hall–Kier alpha value is -6.64. The third-order valence-electron chi connectivity index (χ3n) is 9.68. The fourth-order valence-electron chi connectivity index (χ4n) is 7.32. The van der Waals surface area contributed by atoms with E-state index in [-0.39, 0.29) is 0 Å². The van der Waals surface area contributed by atoms with E-state index < -0.39 is 0 Å². The fourth-order valence-corrected chi connectivity index (χ4v) is 7.32. The number of anilines is 2. The van der Waals surface area contributed by atoms with Crippen LogP contribution in [0, 0.1) is 0 Å². The van der Waals surface area contributed by atoms with Gasteiger partial charge in [-0.05, 0) is 88.0 Å². The monoisotopic (exact) mass is 638 g/mol. The number of hydrogen-bond acceptors (Lipinski definition) is 1. The van der Waals surface area contributed by atoms with Gasteiger partial charge >= 0.3 is 0 Å². The number of nitrogens with zero attached hydrogens (tertiary/aromatic N) is 2. The van der Waals surface area contributed by atoms with Crippen LogP contribution in [0.5, 0.6) is 0 Å². The summed E-state index contributed by atoms with van der Waals surface area (Å²) in [5, 5.41) is 2.46. The molecule has 0 saturated heterocycles. The van der Waals surface area contributed by atoms with Crippen molar-refractivity contribution in [3.63, 3.8) is 0 Å². The Morgan fingerprint density at radius 3 is 1.78 bits per heavy atom. The zero-order chi connectivity index (χ0) is 33.4. The summed E-state index contributed by atoms with van der Waals surface area (Å²) in [4.78, 5) is 2.24. The van der Waals surface area contributed by atoms with E-state index in [1.807, 2.05) is 0 Å². The number of rotatable bonds is 5. The highest BCUT2D eigenvalue weighted by atomic mass is 15.1. The number of para-hydroxylation sites is 3. The average Bonchev–Trinajstić information content (AvgIpc) is 3.53. The molecule has 0 N–H and O–H groups in total. The molecule has 9 rings (SSSR count). The van der Waals surface area contributed by atoms with Crippen molar-refractivity contribution in [1.82, 2.24) is 4.57 Å². The van der Waals surface area contributed by atoms with Crippen LogP contribution >= 0.6 is 0 Å². The van der Waals surface area contributed by atoms with E-state index in [0.717, 1.165) is 33.8 Å². The molecule has 50 heavy (non-hydrogen) atoms. The van der Waals surface area contributed by atoms with Gasteiger partial charge in [0.05, 0.1) is 16.7 Å². The summed E-state index contributed by atoms with van der Waals surface area (Å²) in [7, 11) is 0. The maximum atomic E-state index is 4.51. The second-order valence-electron chi connectivity index (χ2n) is 12.7. The standard InChI is InChI=1S/C48H34N2/c1-34-16-13-14-29-49(40-21-9-4-10-22-40)46-28-27-37(33-45(34)46)42-24-15-25-44-43-23-11-12-26-47(43)50(48(42)44)41-31-38(35-17-5-2-6-18-35)30-39(32-41)36-19-7-3-8-20-36/h2-33H,1H2/b16-13-,29-14-. The molecule has 0 atom stereocenters. The summed E-state index contributed by atoms with van der Waals surface area (Å²) in [6, 6.07) is 61.1. The number of hydrogen-bond donors (Lipinski definition) is 0. The van der Waals surface area contributed by atoms with Gasteiger partial charge in [-0.1, -0.05) is 140 Å². The van der Waals surface area contributed by atoms with Crippen molar-refractivity contribution in [2.45, 2.75) is 0 Å². The summed E-state index contributed by atoms with van der Waals surface area (Å²) < 4.78 is 2.46. The molecule has 8 aromatic rings. The molecule has 1 aromatic heterocycles. The lowest BCUT2D eigenvalue weighted by atomic mass is 9.95. The smallest absolute Gasteiger partial charge is 0.0619 e. The molecular formula is C48H34N2. The second kappa shape index (κ2) is 12.4. The summed E-state index contributed by atoms with van der Waals surface area (Å²) in [5.74, 6) is 0. The van der Waals surface area contributed by atoms with Gasteiger partial charge < -0.3 is 9.47 Å². The predicted octanol–water partition coefficient (Wildman–Crippen LogP) is 13.0. The molecule has 236 valence electrons. The minimum absolute atomic E-state index is 0.975. The van der Waals surface area contributed by atoms with E-state index in [1.165, 1.54) is 49.6 Å². The Morgan fingerprint density at radius 1 is 0.420 bits per heavy atom. The van der Waals surface area contributed by atoms with Crippen molar-refractivity contribution in [2.24, 2.45) is 0 Å². The molecule has 2 heterocycles. The minimum Gasteiger partial charge on any atom is -0.317 e. The van der Waals surface area contributed by atoms with Gasteiger partial charge in [-0.25, -0.2) is 0 Å². The van der Waals surface area contributed by atoms with Crippen LogP contribution in [-0.2, 0) is 0 Å². The molecule has 0 spiro atoms. The van der Waals surface area contributed by atoms with Crippen LogP contribution in [0.2, 0.25) is 0 Å². The molecule has 1 aliphatic heterocycles. The van der Waals surface area contributed by atoms with Crippen molar-refractivity contribution in [3.8, 4) is 39.1 Å². The molecular weight excluding hydrogens is 605 g/mol. The first-order valence-electron chi connectivity index (χ1n) is 17.0. The van der Waals surface area contributed by atoms with Crippen LogP contribution in [0.4, 0.5) is 11.4 Å². The van der Waals surface area contributed by atoms with Crippen LogP contribution in [0.1, 0.15) is 5.56 Å². The first kappa shape index (κ1) is 29.5. The van der Waals surface area contributed by atoms with Crippen molar-refractivity contribution in [3.05, 3.63) is 206 Å². The molecule has 0 fully saturated rings. The molecule has 2 heteroatoms. The highest BCUT2D eigenvalue weighted by Gasteiger charge is 2.20. The van der Waals surface area contributed by atoms with Gasteiger partial charge in [0.1, 0.15) is 0 Å². The fraction of sp³-hybridized carbons (Fsp3) is 0. The van der Waals surface area contributed by atoms with Gasteiger partial charge in [-0.3, -0.25) is 0 Å². The Labute approximate surface area is 292 Å². The molecule has 0 unspecified atom stereocenters. The topological polar surface area (TPSA) is 8.17 Å². The molecule has 0 amide bonds. The van der Waals surface area contributed by atoms with Crippen LogP contribution in [-0.4, -0.2) is 4.57 Å². The molecule has 1 aliphatic rings. The highest BCUT2D eigenvalue weighted by molar-refractivity contribution is 6.14. The van der Waals surface area contributed by atoms with E-state index in [0.29, 0.717) is 0 Å². The number of aromatic nitrogens is 1. The Morgan fingerprint density at radius 2 is 1.06 bits per heavy atom. The zero-order valence-electron chi connectivity index (χ0n) is 27.6. The molecule has 0 bridgehead atoms. The van der Waals surface area contributed by atoms with E-state index in [2.05, 4.69) is 210 Å². The molecule has 7 aromatic carbocycles. The summed E-state index contributed by atoms with van der Waals surface area (Å²) in [6.07, 6.45) is 8.36. The van der Waals surface area contributed by atoms with Crippen LogP contribution in [0.3, 0.4) is 0 Å². The van der Waals surface area contributed by atoms with Crippen LogP contribution < -0.4 is 4.90 Å². The van der Waals surface area contributed by atoms with E-state index >= 15 is 0 Å². The lowest BCUT2D eigenvalue weighted by Crippen LogP contribution is -2.11. The lowest BCUT2D eigenvalue weighted by molar-refractivity contribution is 1.18. The third-order valence-corrected chi connectivity index (χ3v) is 9.68. The third kappa shape index (κ3) is 5.15.